The summed E-state index contributed by atoms with van der Waals surface area (Å²) in [5.74, 6) is 2.62. The number of hydrogen-bond donors (Lipinski definition) is 0. The minimum Gasteiger partial charge on any atom is -0.493 e. The van der Waals surface area contributed by atoms with Crippen LogP contribution in [0.3, 0.4) is 0 Å². The quantitative estimate of drug-likeness (QED) is 0.417. The van der Waals surface area contributed by atoms with Crippen LogP contribution >= 0.6 is 0 Å². The van der Waals surface area contributed by atoms with Crippen LogP contribution in [0.1, 0.15) is 45.4 Å². The first-order valence-corrected chi connectivity index (χ1v) is 10.6. The predicted octanol–water partition coefficient (Wildman–Crippen LogP) is 4.64. The number of carbonyl (C=O) groups is 1. The zero-order chi connectivity index (χ0) is 20.5. The van der Waals surface area contributed by atoms with Gasteiger partial charge in [-0.3, -0.25) is 4.90 Å². The van der Waals surface area contributed by atoms with E-state index in [1.165, 1.54) is 12.0 Å². The second kappa shape index (κ2) is 11.1. The maximum Gasteiger partial charge on any atom is 0.231 e. The smallest absolute Gasteiger partial charge is 0.231 e. The summed E-state index contributed by atoms with van der Waals surface area (Å²) < 4.78 is 16.5. The SMILES string of the molecule is C/C=C1/OCO/C1=C(/C=C/CC1CC(CCC2=CC=CCC2)N(CC=O)C1)OC. The van der Waals surface area contributed by atoms with Crippen LogP contribution in [0, 0.1) is 5.92 Å². The number of carbonyl (C=O) groups excluding carboxylic acids is 1. The molecule has 2 unspecified atom stereocenters. The van der Waals surface area contributed by atoms with Crippen LogP contribution in [0.4, 0.5) is 0 Å². The molecule has 2 saturated heterocycles. The Kier molecular flexibility index (Phi) is 8.17. The maximum atomic E-state index is 11.1. The van der Waals surface area contributed by atoms with Gasteiger partial charge in [0, 0.05) is 12.6 Å². The van der Waals surface area contributed by atoms with Crippen LogP contribution in [0.15, 0.2) is 59.3 Å². The Bertz CT molecular complexity index is 716. The van der Waals surface area contributed by atoms with Gasteiger partial charge in [-0.15, -0.1) is 0 Å². The summed E-state index contributed by atoms with van der Waals surface area (Å²) in [7, 11) is 1.65. The van der Waals surface area contributed by atoms with E-state index in [9.17, 15) is 4.79 Å². The van der Waals surface area contributed by atoms with Gasteiger partial charge >= 0.3 is 0 Å². The Morgan fingerprint density at radius 2 is 2.28 bits per heavy atom. The second-order valence-electron chi connectivity index (χ2n) is 7.80. The molecule has 29 heavy (non-hydrogen) atoms. The third kappa shape index (κ3) is 5.86. The average Bonchev–Trinajstić information content (AvgIpc) is 3.37. The monoisotopic (exact) mass is 399 g/mol. The Morgan fingerprint density at radius 1 is 1.38 bits per heavy atom. The highest BCUT2D eigenvalue weighted by Gasteiger charge is 2.31. The number of likely N-dealkylation sites (tertiary alicyclic amines) is 1. The first kappa shape index (κ1) is 21.4. The summed E-state index contributed by atoms with van der Waals surface area (Å²) in [6.45, 7) is 3.66. The summed E-state index contributed by atoms with van der Waals surface area (Å²) in [5, 5.41) is 0. The van der Waals surface area contributed by atoms with Crippen molar-refractivity contribution in [2.45, 2.75) is 51.5 Å². The lowest BCUT2D eigenvalue weighted by Gasteiger charge is -2.22. The Labute approximate surface area is 174 Å². The van der Waals surface area contributed by atoms with Gasteiger partial charge in [-0.2, -0.15) is 0 Å². The molecule has 3 aliphatic rings. The molecule has 2 fully saturated rings. The molecule has 0 radical (unpaired) electrons. The van der Waals surface area contributed by atoms with Gasteiger partial charge in [0.15, 0.2) is 11.5 Å². The van der Waals surface area contributed by atoms with Crippen molar-refractivity contribution < 1.29 is 19.0 Å². The Morgan fingerprint density at radius 3 is 3.00 bits per heavy atom. The van der Waals surface area contributed by atoms with Crippen molar-refractivity contribution in [2.24, 2.45) is 5.92 Å². The molecule has 0 aromatic rings. The average molecular weight is 400 g/mol. The Hall–Kier alpha value is -2.27. The molecule has 0 aromatic carbocycles. The molecule has 0 amide bonds. The minimum absolute atomic E-state index is 0.229. The number of ether oxygens (including phenoxy) is 3. The van der Waals surface area contributed by atoms with Gasteiger partial charge in [-0.25, -0.2) is 0 Å². The number of rotatable bonds is 9. The molecule has 2 atom stereocenters. The summed E-state index contributed by atoms with van der Waals surface area (Å²) in [6, 6.07) is 0.492. The van der Waals surface area contributed by atoms with E-state index in [2.05, 4.69) is 29.2 Å². The molecule has 1 aliphatic carbocycles. The predicted molar refractivity (Wildman–Crippen MR) is 114 cm³/mol. The summed E-state index contributed by atoms with van der Waals surface area (Å²) in [4.78, 5) is 13.5. The van der Waals surface area contributed by atoms with Gasteiger partial charge < -0.3 is 19.0 Å². The van der Waals surface area contributed by atoms with Crippen LogP contribution in [-0.2, 0) is 19.0 Å². The maximum absolute atomic E-state index is 11.1. The van der Waals surface area contributed by atoms with E-state index in [4.69, 9.17) is 14.2 Å². The Balaban J connectivity index is 1.55. The largest absolute Gasteiger partial charge is 0.493 e. The van der Waals surface area contributed by atoms with Crippen molar-refractivity contribution in [2.75, 3.05) is 27.0 Å². The van der Waals surface area contributed by atoms with Gasteiger partial charge in [0.05, 0.1) is 13.7 Å². The fourth-order valence-electron chi connectivity index (χ4n) is 4.39. The van der Waals surface area contributed by atoms with E-state index < -0.39 is 0 Å². The van der Waals surface area contributed by atoms with Crippen LogP contribution in [-0.4, -0.2) is 44.2 Å². The molecular formula is C24H33NO4. The van der Waals surface area contributed by atoms with E-state index in [0.717, 1.165) is 50.7 Å². The van der Waals surface area contributed by atoms with Crippen molar-refractivity contribution in [3.05, 3.63) is 59.3 Å². The van der Waals surface area contributed by atoms with Gasteiger partial charge in [0.2, 0.25) is 12.6 Å². The third-order valence-corrected chi connectivity index (χ3v) is 5.91. The van der Waals surface area contributed by atoms with E-state index >= 15 is 0 Å². The highest BCUT2D eigenvalue weighted by molar-refractivity contribution is 5.52. The lowest BCUT2D eigenvalue weighted by atomic mass is 9.95. The van der Waals surface area contributed by atoms with Gasteiger partial charge in [-0.05, 0) is 63.5 Å². The highest BCUT2D eigenvalue weighted by Crippen LogP contribution is 2.31. The summed E-state index contributed by atoms with van der Waals surface area (Å²) >= 11 is 0. The van der Waals surface area contributed by atoms with Crippen molar-refractivity contribution in [3.8, 4) is 0 Å². The molecule has 3 rings (SSSR count). The molecule has 158 valence electrons. The molecule has 2 heterocycles. The van der Waals surface area contributed by atoms with Crippen LogP contribution in [0.25, 0.3) is 0 Å². The van der Waals surface area contributed by atoms with E-state index in [-0.39, 0.29) is 6.79 Å². The molecule has 5 heteroatoms. The van der Waals surface area contributed by atoms with Crippen molar-refractivity contribution in [1.82, 2.24) is 4.90 Å². The molecule has 2 aliphatic heterocycles. The minimum atomic E-state index is 0.229. The van der Waals surface area contributed by atoms with Gasteiger partial charge in [0.25, 0.3) is 0 Å². The van der Waals surface area contributed by atoms with Crippen molar-refractivity contribution in [1.29, 1.82) is 0 Å². The number of aldehydes is 1. The number of nitrogens with zero attached hydrogens (tertiary/aromatic N) is 1. The summed E-state index contributed by atoms with van der Waals surface area (Å²) in [6.07, 6.45) is 20.4. The fraction of sp³-hybridized carbons (Fsp3) is 0.542. The molecule has 0 aromatic heterocycles. The van der Waals surface area contributed by atoms with Crippen LogP contribution in [0.5, 0.6) is 0 Å². The first-order chi connectivity index (χ1) is 14.2. The van der Waals surface area contributed by atoms with E-state index in [1.54, 1.807) is 7.11 Å². The summed E-state index contributed by atoms with van der Waals surface area (Å²) in [5.41, 5.74) is 1.54. The van der Waals surface area contributed by atoms with E-state index in [0.29, 0.717) is 30.0 Å². The zero-order valence-electron chi connectivity index (χ0n) is 17.6. The molecule has 5 nitrogen and oxygen atoms in total. The van der Waals surface area contributed by atoms with E-state index in [1.807, 2.05) is 19.1 Å². The topological polar surface area (TPSA) is 48.0 Å². The molecular weight excluding hydrogens is 366 g/mol. The molecule has 0 N–H and O–H groups in total. The van der Waals surface area contributed by atoms with Crippen LogP contribution in [0.2, 0.25) is 0 Å². The zero-order valence-corrected chi connectivity index (χ0v) is 17.6. The van der Waals surface area contributed by atoms with Crippen LogP contribution < -0.4 is 0 Å². The first-order valence-electron chi connectivity index (χ1n) is 10.6. The lowest BCUT2D eigenvalue weighted by molar-refractivity contribution is -0.109. The molecule has 0 spiro atoms. The molecule has 0 saturated carbocycles. The van der Waals surface area contributed by atoms with Gasteiger partial charge in [0.1, 0.15) is 6.29 Å². The number of hydrogen-bond acceptors (Lipinski definition) is 5. The second-order valence-corrected chi connectivity index (χ2v) is 7.80. The highest BCUT2D eigenvalue weighted by atomic mass is 16.7. The van der Waals surface area contributed by atoms with Crippen molar-refractivity contribution in [3.63, 3.8) is 0 Å². The molecule has 0 bridgehead atoms. The lowest BCUT2D eigenvalue weighted by Crippen LogP contribution is -2.31. The normalized spacial score (nSPS) is 27.8. The fourth-order valence-corrected chi connectivity index (χ4v) is 4.39. The number of allylic oxidation sites excluding steroid dienone is 7. The standard InChI is InChI=1S/C24H33NO4/c1-3-22-24(29-18-28-22)23(27-2)11-7-10-20-16-21(25(17-20)14-15-26)13-12-19-8-5-4-6-9-19/h3-5,7-8,11,15,20-21H,6,9-10,12-14,16-18H2,1-2H3/b11-7+,22-3+,24-23-. The van der Waals surface area contributed by atoms with Gasteiger partial charge in [-0.1, -0.05) is 29.9 Å². The number of methoxy groups -OCH3 is 1. The third-order valence-electron chi connectivity index (χ3n) is 5.91. The van der Waals surface area contributed by atoms with Crippen molar-refractivity contribution >= 4 is 6.29 Å².